The van der Waals surface area contributed by atoms with Gasteiger partial charge in [0.15, 0.2) is 17.3 Å². The van der Waals surface area contributed by atoms with Gasteiger partial charge in [-0.15, -0.1) is 0 Å². The van der Waals surface area contributed by atoms with E-state index in [0.717, 1.165) is 0 Å². The van der Waals surface area contributed by atoms with Crippen molar-refractivity contribution >= 4 is 39.8 Å². The Morgan fingerprint density at radius 3 is 2.73 bits per heavy atom. The average molecular weight is 566 g/mol. The van der Waals surface area contributed by atoms with Crippen molar-refractivity contribution in [2.75, 3.05) is 45.7 Å². The lowest BCUT2D eigenvalue weighted by molar-refractivity contribution is -0.127. The van der Waals surface area contributed by atoms with Crippen LogP contribution in [0.15, 0.2) is 42.6 Å². The zero-order valence-electron chi connectivity index (χ0n) is 23.1. The van der Waals surface area contributed by atoms with E-state index in [1.54, 1.807) is 37.3 Å². The summed E-state index contributed by atoms with van der Waals surface area (Å²) in [5.74, 6) is 0.409. The third kappa shape index (κ3) is 6.64. The number of nitriles is 1. The number of benzene rings is 2. The Morgan fingerprint density at radius 1 is 1.30 bits per heavy atom. The number of anilines is 2. The Labute approximate surface area is 238 Å². The Bertz CT molecular complexity index is 1460. The molecule has 40 heavy (non-hydrogen) atoms. The molecule has 0 bridgehead atoms. The number of aryl methyl sites for hydroxylation is 1. The number of carbonyl (C=O) groups excluding carboxylic acids is 1. The Morgan fingerprint density at radius 2 is 2.05 bits per heavy atom. The Balaban J connectivity index is 1.61. The van der Waals surface area contributed by atoms with Gasteiger partial charge in [-0.05, 0) is 45.6 Å². The van der Waals surface area contributed by atoms with Crippen LogP contribution in [0.4, 0.5) is 15.8 Å². The summed E-state index contributed by atoms with van der Waals surface area (Å²) in [5, 5.41) is 13.4. The SMILES string of the molecule is CCOc1cc2ncc(C#N)c(Nc3ccc(C)c(Cl)c3F)c2cc1OC1CCN(C(=O)/C=C/CN(C)C)CC1. The maximum Gasteiger partial charge on any atom is 0.246 e. The van der Waals surface area contributed by atoms with Gasteiger partial charge in [-0.1, -0.05) is 23.7 Å². The molecular formula is C30H33ClFN5O3. The summed E-state index contributed by atoms with van der Waals surface area (Å²) in [6.07, 6.45) is 6.10. The van der Waals surface area contributed by atoms with Crippen LogP contribution < -0.4 is 14.8 Å². The number of nitrogens with one attached hydrogen (secondary N) is 1. The van der Waals surface area contributed by atoms with Crippen LogP contribution in [0.3, 0.4) is 0 Å². The van der Waals surface area contributed by atoms with Gasteiger partial charge < -0.3 is 24.6 Å². The predicted molar refractivity (Wildman–Crippen MR) is 155 cm³/mol. The number of fused-ring (bicyclic) bond motifs is 1. The fourth-order valence-electron chi connectivity index (χ4n) is 4.50. The number of nitrogens with zero attached hydrogens (tertiary/aromatic N) is 4. The lowest BCUT2D eigenvalue weighted by Gasteiger charge is -2.32. The van der Waals surface area contributed by atoms with Crippen LogP contribution >= 0.6 is 11.6 Å². The first kappa shape index (κ1) is 29.1. The largest absolute Gasteiger partial charge is 0.490 e. The van der Waals surface area contributed by atoms with Crippen LogP contribution in [-0.4, -0.2) is 67.1 Å². The van der Waals surface area contributed by atoms with Crippen molar-refractivity contribution < 1.29 is 18.7 Å². The molecule has 0 radical (unpaired) electrons. The second-order valence-corrected chi connectivity index (χ2v) is 10.3. The molecular weight excluding hydrogens is 533 g/mol. The fraction of sp³-hybridized carbons (Fsp3) is 0.367. The molecule has 0 saturated carbocycles. The fourth-order valence-corrected chi connectivity index (χ4v) is 4.67. The van der Waals surface area contributed by atoms with Gasteiger partial charge in [0.25, 0.3) is 0 Å². The Kier molecular flexibility index (Phi) is 9.46. The van der Waals surface area contributed by atoms with Crippen LogP contribution in [0.5, 0.6) is 11.5 Å². The van der Waals surface area contributed by atoms with Crippen LogP contribution in [0.1, 0.15) is 30.9 Å². The van der Waals surface area contributed by atoms with Crippen molar-refractivity contribution in [2.45, 2.75) is 32.8 Å². The van der Waals surface area contributed by atoms with Crippen LogP contribution in [-0.2, 0) is 4.79 Å². The van der Waals surface area contributed by atoms with E-state index in [4.69, 9.17) is 21.1 Å². The van der Waals surface area contributed by atoms with Gasteiger partial charge in [0.2, 0.25) is 5.91 Å². The number of halogens is 2. The first-order valence-corrected chi connectivity index (χ1v) is 13.6. The summed E-state index contributed by atoms with van der Waals surface area (Å²) in [4.78, 5) is 20.8. The minimum atomic E-state index is -0.601. The highest BCUT2D eigenvalue weighted by Gasteiger charge is 2.25. The summed E-state index contributed by atoms with van der Waals surface area (Å²) >= 11 is 6.14. The zero-order valence-corrected chi connectivity index (χ0v) is 23.9. The molecule has 210 valence electrons. The molecule has 10 heteroatoms. The molecule has 0 aliphatic carbocycles. The summed E-state index contributed by atoms with van der Waals surface area (Å²) in [6.45, 7) is 5.88. The number of carbonyl (C=O) groups is 1. The van der Waals surface area contributed by atoms with Crippen LogP contribution in [0.2, 0.25) is 5.02 Å². The van der Waals surface area contributed by atoms with E-state index in [0.29, 0.717) is 72.7 Å². The highest BCUT2D eigenvalue weighted by molar-refractivity contribution is 6.31. The van der Waals surface area contributed by atoms with Gasteiger partial charge in [-0.2, -0.15) is 5.26 Å². The van der Waals surface area contributed by atoms with E-state index < -0.39 is 5.82 Å². The number of rotatable bonds is 9. The maximum absolute atomic E-state index is 15.0. The molecule has 3 aromatic rings. The number of aromatic nitrogens is 1. The van der Waals surface area contributed by atoms with Gasteiger partial charge in [0.1, 0.15) is 12.2 Å². The lowest BCUT2D eigenvalue weighted by atomic mass is 10.1. The van der Waals surface area contributed by atoms with E-state index >= 15 is 0 Å². The quantitative estimate of drug-likeness (QED) is 0.326. The number of ether oxygens (including phenoxy) is 2. The molecule has 1 aliphatic heterocycles. The molecule has 2 aromatic carbocycles. The monoisotopic (exact) mass is 565 g/mol. The van der Waals surface area contributed by atoms with Crippen molar-refractivity contribution in [1.82, 2.24) is 14.8 Å². The van der Waals surface area contributed by atoms with Gasteiger partial charge in [-0.3, -0.25) is 9.78 Å². The van der Waals surface area contributed by atoms with Crippen molar-refractivity contribution in [3.05, 3.63) is 64.6 Å². The minimum absolute atomic E-state index is 0.00437. The smallest absolute Gasteiger partial charge is 0.246 e. The molecule has 1 amide bonds. The van der Waals surface area contributed by atoms with Crippen molar-refractivity contribution in [3.8, 4) is 17.6 Å². The standard InChI is InChI=1S/C30H33ClFN5O3/c1-5-39-25-16-24-22(30(20(17-33)18-34-24)35-23-9-8-19(2)28(31)29(23)32)15-26(25)40-21-10-13-37(14-11-21)27(38)7-6-12-36(3)4/h6-9,15-16,18,21H,5,10-14H2,1-4H3,(H,34,35)/b7-6+. The predicted octanol–water partition coefficient (Wildman–Crippen LogP) is 5.84. The molecule has 4 rings (SSSR count). The number of pyridine rings is 1. The van der Waals surface area contributed by atoms with Gasteiger partial charge in [0, 0.05) is 56.2 Å². The van der Waals surface area contributed by atoms with E-state index in [1.165, 1.54) is 6.20 Å². The van der Waals surface area contributed by atoms with E-state index in [1.807, 2.05) is 36.9 Å². The van der Waals surface area contributed by atoms with Gasteiger partial charge in [-0.25, -0.2) is 4.39 Å². The molecule has 0 atom stereocenters. The number of likely N-dealkylation sites (N-methyl/N-ethyl adjacent to an activating group) is 1. The van der Waals surface area contributed by atoms with E-state index in [9.17, 15) is 14.4 Å². The zero-order chi connectivity index (χ0) is 28.8. The topological polar surface area (TPSA) is 90.7 Å². The minimum Gasteiger partial charge on any atom is -0.490 e. The van der Waals surface area contributed by atoms with Crippen molar-refractivity contribution in [2.24, 2.45) is 0 Å². The summed E-state index contributed by atoms with van der Waals surface area (Å²) in [5.41, 5.74) is 1.95. The third-order valence-corrected chi connectivity index (χ3v) is 7.13. The highest BCUT2D eigenvalue weighted by Crippen LogP contribution is 2.39. The van der Waals surface area contributed by atoms with Crippen molar-refractivity contribution in [1.29, 1.82) is 5.26 Å². The second-order valence-electron chi connectivity index (χ2n) is 9.90. The number of likely N-dealkylation sites (tertiary alicyclic amines) is 1. The number of piperidine rings is 1. The van der Waals surface area contributed by atoms with E-state index in [2.05, 4.69) is 16.4 Å². The molecule has 1 saturated heterocycles. The molecule has 1 aliphatic rings. The molecule has 0 unspecified atom stereocenters. The summed E-state index contributed by atoms with van der Waals surface area (Å²) < 4.78 is 27.2. The normalized spacial score (nSPS) is 14.1. The number of hydrogen-bond donors (Lipinski definition) is 1. The second kappa shape index (κ2) is 13.0. The third-order valence-electron chi connectivity index (χ3n) is 6.67. The summed E-state index contributed by atoms with van der Waals surface area (Å²) in [6, 6.07) is 8.95. The highest BCUT2D eigenvalue weighted by atomic mass is 35.5. The van der Waals surface area contributed by atoms with Gasteiger partial charge >= 0.3 is 0 Å². The number of hydrogen-bond acceptors (Lipinski definition) is 7. The molecule has 1 fully saturated rings. The van der Waals surface area contributed by atoms with E-state index in [-0.39, 0.29) is 28.3 Å². The molecule has 2 heterocycles. The van der Waals surface area contributed by atoms with Crippen LogP contribution in [0.25, 0.3) is 10.9 Å². The van der Waals surface area contributed by atoms with Crippen molar-refractivity contribution in [3.63, 3.8) is 0 Å². The maximum atomic E-state index is 15.0. The summed E-state index contributed by atoms with van der Waals surface area (Å²) in [7, 11) is 3.90. The molecule has 1 N–H and O–H groups in total. The lowest BCUT2D eigenvalue weighted by Crippen LogP contribution is -2.41. The molecule has 1 aromatic heterocycles. The average Bonchev–Trinajstić information content (AvgIpc) is 2.94. The molecule has 8 nitrogen and oxygen atoms in total. The first-order valence-electron chi connectivity index (χ1n) is 13.2. The molecule has 0 spiro atoms. The van der Waals surface area contributed by atoms with Gasteiger partial charge in [0.05, 0.1) is 34.1 Å². The first-order chi connectivity index (χ1) is 19.2. The Hall–Kier alpha value is -3.87. The van der Waals surface area contributed by atoms with Crippen LogP contribution in [0, 0.1) is 24.1 Å². The number of amides is 1.